The highest BCUT2D eigenvalue weighted by Gasteiger charge is 2.40. The highest BCUT2D eigenvalue weighted by molar-refractivity contribution is 7.89. The molecule has 134 valence electrons. The van der Waals surface area contributed by atoms with Gasteiger partial charge in [0.25, 0.3) is 0 Å². The molecule has 3 heterocycles. The third kappa shape index (κ3) is 2.95. The van der Waals surface area contributed by atoms with E-state index in [2.05, 4.69) is 15.1 Å². The molecule has 4 rings (SSSR count). The number of benzene rings is 1. The van der Waals surface area contributed by atoms with Crippen molar-refractivity contribution in [2.24, 2.45) is 0 Å². The van der Waals surface area contributed by atoms with Gasteiger partial charge in [0.1, 0.15) is 11.4 Å². The number of rotatable bonds is 5. The number of methoxy groups -OCH3 is 1. The van der Waals surface area contributed by atoms with E-state index in [9.17, 15) is 8.42 Å². The molecule has 9 heteroatoms. The maximum absolute atomic E-state index is 12.7. The van der Waals surface area contributed by atoms with E-state index in [-0.39, 0.29) is 10.8 Å². The third-order valence-corrected chi connectivity index (χ3v) is 6.04. The van der Waals surface area contributed by atoms with E-state index < -0.39 is 10.0 Å². The molecule has 1 fully saturated rings. The Morgan fingerprint density at radius 1 is 1.19 bits per heavy atom. The quantitative estimate of drug-likeness (QED) is 0.675. The van der Waals surface area contributed by atoms with Crippen LogP contribution in [0.2, 0.25) is 0 Å². The van der Waals surface area contributed by atoms with Crippen molar-refractivity contribution in [1.82, 2.24) is 19.4 Å². The van der Waals surface area contributed by atoms with Crippen LogP contribution in [0.15, 0.2) is 58.1 Å². The minimum Gasteiger partial charge on any atom is -0.497 e. The SMILES string of the molecule is COc1cccc(S(=O)(=O)N2CC(c3nc(-c4ccccn4)no3)C2)c1. The summed E-state index contributed by atoms with van der Waals surface area (Å²) >= 11 is 0. The lowest BCUT2D eigenvalue weighted by molar-refractivity contribution is 0.216. The molecule has 0 N–H and O–H groups in total. The lowest BCUT2D eigenvalue weighted by Gasteiger charge is -2.35. The van der Waals surface area contributed by atoms with Crippen LogP contribution >= 0.6 is 0 Å². The van der Waals surface area contributed by atoms with Gasteiger partial charge in [-0.15, -0.1) is 0 Å². The maximum Gasteiger partial charge on any atom is 0.243 e. The van der Waals surface area contributed by atoms with Crippen molar-refractivity contribution in [3.63, 3.8) is 0 Å². The molecule has 1 aliphatic heterocycles. The molecule has 3 aromatic rings. The first kappa shape index (κ1) is 16.7. The monoisotopic (exact) mass is 372 g/mol. The lowest BCUT2D eigenvalue weighted by atomic mass is 10.0. The molecule has 0 radical (unpaired) electrons. The van der Waals surface area contributed by atoms with E-state index in [1.165, 1.54) is 17.5 Å². The summed E-state index contributed by atoms with van der Waals surface area (Å²) in [5.74, 6) is 1.19. The molecule has 1 aromatic carbocycles. The summed E-state index contributed by atoms with van der Waals surface area (Å²) in [5.41, 5.74) is 0.614. The highest BCUT2D eigenvalue weighted by atomic mass is 32.2. The van der Waals surface area contributed by atoms with Gasteiger partial charge in [0.15, 0.2) is 0 Å². The Morgan fingerprint density at radius 2 is 2.04 bits per heavy atom. The van der Waals surface area contributed by atoms with Crippen LogP contribution in [0.5, 0.6) is 5.75 Å². The number of nitrogens with zero attached hydrogens (tertiary/aromatic N) is 4. The first-order valence-electron chi connectivity index (χ1n) is 7.97. The molecule has 1 saturated heterocycles. The van der Waals surface area contributed by atoms with E-state index in [0.717, 1.165) is 0 Å². The second-order valence-electron chi connectivity index (χ2n) is 5.87. The Bertz CT molecular complexity index is 1010. The lowest BCUT2D eigenvalue weighted by Crippen LogP contribution is -2.48. The summed E-state index contributed by atoms with van der Waals surface area (Å²) in [6.45, 7) is 0.590. The Morgan fingerprint density at radius 3 is 2.77 bits per heavy atom. The van der Waals surface area contributed by atoms with Crippen LogP contribution in [-0.4, -0.2) is 48.0 Å². The van der Waals surface area contributed by atoms with E-state index in [1.807, 2.05) is 6.07 Å². The van der Waals surface area contributed by atoms with Gasteiger partial charge in [0.05, 0.1) is 17.9 Å². The molecule has 0 spiro atoms. The number of pyridine rings is 1. The fraction of sp³-hybridized carbons (Fsp3) is 0.235. The Hall–Kier alpha value is -2.78. The van der Waals surface area contributed by atoms with Crippen LogP contribution in [0.4, 0.5) is 0 Å². The van der Waals surface area contributed by atoms with Gasteiger partial charge in [-0.05, 0) is 24.3 Å². The molecule has 2 aromatic heterocycles. The summed E-state index contributed by atoms with van der Waals surface area (Å²) in [7, 11) is -2.07. The van der Waals surface area contributed by atoms with Gasteiger partial charge in [0.2, 0.25) is 21.7 Å². The van der Waals surface area contributed by atoms with E-state index in [4.69, 9.17) is 9.26 Å². The normalized spacial score (nSPS) is 15.6. The second kappa shape index (κ2) is 6.50. The summed E-state index contributed by atoms with van der Waals surface area (Å²) in [6, 6.07) is 11.8. The fourth-order valence-electron chi connectivity index (χ4n) is 2.70. The van der Waals surface area contributed by atoms with Gasteiger partial charge in [-0.1, -0.05) is 17.3 Å². The Kier molecular flexibility index (Phi) is 4.17. The predicted octanol–water partition coefficient (Wildman–Crippen LogP) is 1.93. The Balaban J connectivity index is 1.47. The van der Waals surface area contributed by atoms with Gasteiger partial charge in [-0.2, -0.15) is 9.29 Å². The van der Waals surface area contributed by atoms with Crippen LogP contribution in [0.3, 0.4) is 0 Å². The molecular formula is C17H16N4O4S. The average molecular weight is 372 g/mol. The first-order valence-corrected chi connectivity index (χ1v) is 9.41. The molecule has 0 saturated carbocycles. The van der Waals surface area contributed by atoms with Gasteiger partial charge in [-0.3, -0.25) is 4.98 Å². The number of hydrogen-bond acceptors (Lipinski definition) is 7. The number of sulfonamides is 1. The zero-order chi connectivity index (χ0) is 18.1. The molecule has 0 atom stereocenters. The van der Waals surface area contributed by atoms with E-state index >= 15 is 0 Å². The summed E-state index contributed by atoms with van der Waals surface area (Å²) in [6.07, 6.45) is 1.65. The molecule has 8 nitrogen and oxygen atoms in total. The van der Waals surface area contributed by atoms with Crippen LogP contribution in [-0.2, 0) is 10.0 Å². The minimum absolute atomic E-state index is 0.125. The van der Waals surface area contributed by atoms with Crippen molar-refractivity contribution in [1.29, 1.82) is 0 Å². The van der Waals surface area contributed by atoms with E-state index in [1.54, 1.807) is 36.5 Å². The van der Waals surface area contributed by atoms with Crippen molar-refractivity contribution in [2.75, 3.05) is 20.2 Å². The molecular weight excluding hydrogens is 356 g/mol. The third-order valence-electron chi connectivity index (χ3n) is 4.21. The fourth-order valence-corrected chi connectivity index (χ4v) is 4.27. The number of ether oxygens (including phenoxy) is 1. The molecule has 0 unspecified atom stereocenters. The van der Waals surface area contributed by atoms with E-state index in [0.29, 0.717) is 36.2 Å². The van der Waals surface area contributed by atoms with Crippen molar-refractivity contribution >= 4 is 10.0 Å². The van der Waals surface area contributed by atoms with Crippen LogP contribution in [0.25, 0.3) is 11.5 Å². The van der Waals surface area contributed by atoms with Crippen LogP contribution in [0.1, 0.15) is 11.8 Å². The largest absolute Gasteiger partial charge is 0.497 e. The molecule has 0 amide bonds. The number of hydrogen-bond donors (Lipinski definition) is 0. The van der Waals surface area contributed by atoms with Gasteiger partial charge < -0.3 is 9.26 Å². The predicted molar refractivity (Wildman–Crippen MR) is 92.0 cm³/mol. The zero-order valence-corrected chi connectivity index (χ0v) is 14.8. The van der Waals surface area contributed by atoms with Crippen LogP contribution in [0, 0.1) is 0 Å². The van der Waals surface area contributed by atoms with Crippen molar-refractivity contribution in [3.05, 3.63) is 54.6 Å². The number of aromatic nitrogens is 3. The molecule has 0 aliphatic carbocycles. The molecule has 1 aliphatic rings. The van der Waals surface area contributed by atoms with Crippen LogP contribution < -0.4 is 4.74 Å². The van der Waals surface area contributed by atoms with Crippen molar-refractivity contribution in [2.45, 2.75) is 10.8 Å². The average Bonchev–Trinajstić information content (AvgIpc) is 3.10. The first-order chi connectivity index (χ1) is 12.6. The zero-order valence-electron chi connectivity index (χ0n) is 13.9. The molecule has 26 heavy (non-hydrogen) atoms. The summed E-state index contributed by atoms with van der Waals surface area (Å²) in [4.78, 5) is 8.71. The second-order valence-corrected chi connectivity index (χ2v) is 7.81. The smallest absolute Gasteiger partial charge is 0.243 e. The van der Waals surface area contributed by atoms with Gasteiger partial charge >= 0.3 is 0 Å². The molecule has 0 bridgehead atoms. The maximum atomic E-state index is 12.7. The summed E-state index contributed by atoms with van der Waals surface area (Å²) in [5, 5.41) is 3.92. The standard InChI is InChI=1S/C17H16N4O4S/c1-24-13-5-4-6-14(9-13)26(22,23)21-10-12(11-21)17-19-16(20-25-17)15-7-2-3-8-18-15/h2-9,12H,10-11H2,1H3. The highest BCUT2D eigenvalue weighted by Crippen LogP contribution is 2.32. The topological polar surface area (TPSA) is 98.4 Å². The minimum atomic E-state index is -3.57. The van der Waals surface area contributed by atoms with Gasteiger partial charge in [-0.25, -0.2) is 8.42 Å². The van der Waals surface area contributed by atoms with Gasteiger partial charge in [0, 0.05) is 25.4 Å². The Labute approximate surface area is 150 Å². The van der Waals surface area contributed by atoms with Crippen molar-refractivity contribution < 1.29 is 17.7 Å². The summed E-state index contributed by atoms with van der Waals surface area (Å²) < 4.78 is 37.1. The van der Waals surface area contributed by atoms with Crippen molar-refractivity contribution in [3.8, 4) is 17.3 Å².